The highest BCUT2D eigenvalue weighted by atomic mass is 19.2. The number of Topliss-reactive ketones (excluding diaryl/α,β-unsaturated/α-hetero) is 1. The predicted octanol–water partition coefficient (Wildman–Crippen LogP) is 1.97. The molecule has 3 rings (SSSR count). The zero-order valence-corrected chi connectivity index (χ0v) is 14.9. The Morgan fingerprint density at radius 2 is 1.92 bits per heavy atom. The summed E-state index contributed by atoms with van der Waals surface area (Å²) in [5, 5.41) is -0.0123. The van der Waals surface area contributed by atoms with E-state index in [0.717, 1.165) is 5.69 Å². The number of hydrogen-bond acceptors (Lipinski definition) is 5. The number of ketones is 1. The van der Waals surface area contributed by atoms with Gasteiger partial charge in [-0.05, 0) is 24.6 Å². The molecule has 2 fully saturated rings. The Labute approximate surface area is 150 Å². The zero-order chi connectivity index (χ0) is 19.2. The van der Waals surface area contributed by atoms with Crippen LogP contribution < -0.4 is 10.6 Å². The standard InChI is InChI=1S/C18H22FN3O4/c1-10(16(20)24)15-14(22(19)17(25)26-15)11-4-6-12(7-5-11)21-8-13(23)18(2,3)9-21/h4-7,10,14-15H,8-9H2,1-3H3,(H2,20,24). The molecule has 0 radical (unpaired) electrons. The number of carbonyl (C=O) groups is 3. The Balaban J connectivity index is 1.84. The molecule has 1 aromatic carbocycles. The number of benzene rings is 1. The Kier molecular flexibility index (Phi) is 4.37. The number of amides is 2. The molecule has 1 aromatic rings. The van der Waals surface area contributed by atoms with E-state index in [9.17, 15) is 18.9 Å². The monoisotopic (exact) mass is 363 g/mol. The number of nitrogens with zero attached hydrogens (tertiary/aromatic N) is 2. The summed E-state index contributed by atoms with van der Waals surface area (Å²) in [5.74, 6) is -1.33. The molecule has 0 aromatic heterocycles. The number of nitrogens with two attached hydrogens (primary N) is 1. The average Bonchev–Trinajstić information content (AvgIpc) is 3.03. The number of anilines is 1. The molecule has 2 heterocycles. The van der Waals surface area contributed by atoms with Crippen LogP contribution in [-0.4, -0.2) is 42.1 Å². The van der Waals surface area contributed by atoms with Crippen LogP contribution in [0.3, 0.4) is 0 Å². The Bertz CT molecular complexity index is 749. The van der Waals surface area contributed by atoms with Crippen molar-refractivity contribution in [2.75, 3.05) is 18.0 Å². The molecule has 2 saturated heterocycles. The van der Waals surface area contributed by atoms with Crippen LogP contribution in [-0.2, 0) is 14.3 Å². The maximum absolute atomic E-state index is 14.2. The second-order valence-corrected chi connectivity index (χ2v) is 7.55. The van der Waals surface area contributed by atoms with E-state index >= 15 is 0 Å². The Morgan fingerprint density at radius 3 is 2.42 bits per heavy atom. The molecular weight excluding hydrogens is 341 g/mol. The maximum atomic E-state index is 14.2. The van der Waals surface area contributed by atoms with E-state index in [0.29, 0.717) is 18.7 Å². The summed E-state index contributed by atoms with van der Waals surface area (Å²) < 4.78 is 19.2. The van der Waals surface area contributed by atoms with Crippen molar-refractivity contribution < 1.29 is 23.6 Å². The second-order valence-electron chi connectivity index (χ2n) is 7.55. The van der Waals surface area contributed by atoms with Crippen LogP contribution in [0.25, 0.3) is 0 Å². The van der Waals surface area contributed by atoms with Gasteiger partial charge in [0.1, 0.15) is 12.1 Å². The third kappa shape index (κ3) is 3.00. The van der Waals surface area contributed by atoms with Gasteiger partial charge in [0.2, 0.25) is 5.91 Å². The summed E-state index contributed by atoms with van der Waals surface area (Å²) in [7, 11) is 0. The predicted molar refractivity (Wildman–Crippen MR) is 91.8 cm³/mol. The summed E-state index contributed by atoms with van der Waals surface area (Å²) in [6.45, 7) is 6.24. The third-order valence-corrected chi connectivity index (χ3v) is 5.18. The van der Waals surface area contributed by atoms with Crippen molar-refractivity contribution in [1.29, 1.82) is 0 Å². The smallest absolute Gasteiger partial charge is 0.439 e. The summed E-state index contributed by atoms with van der Waals surface area (Å²) in [6, 6.07) is 5.84. The number of hydrogen-bond donors (Lipinski definition) is 1. The highest BCUT2D eigenvalue weighted by molar-refractivity contribution is 5.92. The van der Waals surface area contributed by atoms with Crippen molar-refractivity contribution in [2.45, 2.75) is 32.9 Å². The molecule has 0 aliphatic carbocycles. The van der Waals surface area contributed by atoms with E-state index < -0.39 is 35.5 Å². The lowest BCUT2D eigenvalue weighted by atomic mass is 9.91. The van der Waals surface area contributed by atoms with Crippen molar-refractivity contribution in [2.24, 2.45) is 17.1 Å². The van der Waals surface area contributed by atoms with Gasteiger partial charge in [0.05, 0.1) is 12.5 Å². The Morgan fingerprint density at radius 1 is 1.31 bits per heavy atom. The minimum Gasteiger partial charge on any atom is -0.441 e. The fourth-order valence-corrected chi connectivity index (χ4v) is 3.41. The SMILES string of the molecule is CC(C(N)=O)C1OC(=O)N(F)C1c1ccc(N2CC(=O)C(C)(C)C2)cc1. The first kappa shape index (κ1) is 18.2. The highest BCUT2D eigenvalue weighted by Crippen LogP contribution is 2.38. The Hall–Kier alpha value is -2.64. The van der Waals surface area contributed by atoms with Gasteiger partial charge < -0.3 is 15.4 Å². The number of rotatable bonds is 4. The van der Waals surface area contributed by atoms with E-state index in [4.69, 9.17) is 10.5 Å². The molecule has 2 N–H and O–H groups in total. The van der Waals surface area contributed by atoms with Gasteiger partial charge in [-0.15, -0.1) is 5.12 Å². The summed E-state index contributed by atoms with van der Waals surface area (Å²) >= 11 is 0. The van der Waals surface area contributed by atoms with Crippen LogP contribution in [0.4, 0.5) is 15.0 Å². The molecule has 2 amide bonds. The van der Waals surface area contributed by atoms with Crippen LogP contribution in [0.5, 0.6) is 0 Å². The first-order chi connectivity index (χ1) is 12.1. The van der Waals surface area contributed by atoms with E-state index in [1.54, 1.807) is 24.3 Å². The second kappa shape index (κ2) is 6.26. The normalized spacial score (nSPS) is 26.2. The average molecular weight is 363 g/mol. The van der Waals surface area contributed by atoms with E-state index in [-0.39, 0.29) is 10.9 Å². The molecule has 2 aliphatic rings. The number of cyclic esters (lactones) is 1. The van der Waals surface area contributed by atoms with Crippen molar-refractivity contribution in [3.8, 4) is 0 Å². The summed E-state index contributed by atoms with van der Waals surface area (Å²) in [5.41, 5.74) is 6.21. The molecule has 26 heavy (non-hydrogen) atoms. The minimum atomic E-state index is -1.14. The molecule has 8 heteroatoms. The van der Waals surface area contributed by atoms with Gasteiger partial charge in [0.15, 0.2) is 5.78 Å². The third-order valence-electron chi connectivity index (χ3n) is 5.18. The number of primary amides is 1. The fourth-order valence-electron chi connectivity index (χ4n) is 3.41. The van der Waals surface area contributed by atoms with Gasteiger partial charge in [-0.3, -0.25) is 9.59 Å². The molecule has 2 aliphatic heterocycles. The quantitative estimate of drug-likeness (QED) is 0.826. The van der Waals surface area contributed by atoms with Gasteiger partial charge in [-0.2, -0.15) is 0 Å². The van der Waals surface area contributed by atoms with Crippen molar-refractivity contribution in [3.05, 3.63) is 29.8 Å². The fraction of sp³-hybridized carbons (Fsp3) is 0.500. The van der Waals surface area contributed by atoms with Gasteiger partial charge >= 0.3 is 6.09 Å². The van der Waals surface area contributed by atoms with Crippen LogP contribution >= 0.6 is 0 Å². The largest absolute Gasteiger partial charge is 0.441 e. The van der Waals surface area contributed by atoms with Gasteiger partial charge in [-0.1, -0.05) is 30.5 Å². The summed E-state index contributed by atoms with van der Waals surface area (Å²) in [4.78, 5) is 37.0. The molecule has 0 bridgehead atoms. The molecule has 140 valence electrons. The van der Waals surface area contributed by atoms with Crippen LogP contribution in [0.1, 0.15) is 32.4 Å². The van der Waals surface area contributed by atoms with E-state index in [1.807, 2.05) is 18.7 Å². The minimum absolute atomic E-state index is 0.0123. The van der Waals surface area contributed by atoms with Crippen LogP contribution in [0.15, 0.2) is 24.3 Å². The molecule has 0 saturated carbocycles. The van der Waals surface area contributed by atoms with Crippen LogP contribution in [0.2, 0.25) is 0 Å². The number of halogens is 1. The lowest BCUT2D eigenvalue weighted by Crippen LogP contribution is -2.35. The lowest BCUT2D eigenvalue weighted by molar-refractivity contribution is -0.124. The van der Waals surface area contributed by atoms with Gasteiger partial charge in [0, 0.05) is 17.6 Å². The van der Waals surface area contributed by atoms with Gasteiger partial charge in [0.25, 0.3) is 0 Å². The van der Waals surface area contributed by atoms with Crippen molar-refractivity contribution >= 4 is 23.5 Å². The molecule has 3 unspecified atom stereocenters. The topological polar surface area (TPSA) is 92.9 Å². The van der Waals surface area contributed by atoms with Crippen molar-refractivity contribution in [3.63, 3.8) is 0 Å². The molecular formula is C18H22FN3O4. The first-order valence-corrected chi connectivity index (χ1v) is 8.45. The van der Waals surface area contributed by atoms with Gasteiger partial charge in [-0.25, -0.2) is 4.79 Å². The molecule has 7 nitrogen and oxygen atoms in total. The zero-order valence-electron chi connectivity index (χ0n) is 14.9. The first-order valence-electron chi connectivity index (χ1n) is 8.45. The van der Waals surface area contributed by atoms with E-state index in [2.05, 4.69) is 0 Å². The summed E-state index contributed by atoms with van der Waals surface area (Å²) in [6.07, 6.45) is -2.13. The molecule has 3 atom stereocenters. The number of carbonyl (C=O) groups excluding carboxylic acids is 3. The van der Waals surface area contributed by atoms with Crippen molar-refractivity contribution in [1.82, 2.24) is 5.12 Å². The highest BCUT2D eigenvalue weighted by Gasteiger charge is 2.48. The van der Waals surface area contributed by atoms with E-state index in [1.165, 1.54) is 6.92 Å². The number of ether oxygens (including phenoxy) is 1. The lowest BCUT2D eigenvalue weighted by Gasteiger charge is -2.24. The van der Waals surface area contributed by atoms with Crippen LogP contribution in [0, 0.1) is 11.3 Å². The maximum Gasteiger partial charge on any atom is 0.439 e. The molecule has 0 spiro atoms.